The zero-order chi connectivity index (χ0) is 14.4. The van der Waals surface area contributed by atoms with E-state index in [0.717, 1.165) is 39.0 Å². The van der Waals surface area contributed by atoms with Crippen LogP contribution in [0.2, 0.25) is 0 Å². The Morgan fingerprint density at radius 3 is 2.90 bits per heavy atom. The zero-order valence-electron chi connectivity index (χ0n) is 13.0. The molecule has 0 aromatic heterocycles. The molecule has 2 aliphatic rings. The van der Waals surface area contributed by atoms with Gasteiger partial charge in [0.2, 0.25) is 5.91 Å². The summed E-state index contributed by atoms with van der Waals surface area (Å²) in [7, 11) is 2.07. The van der Waals surface area contributed by atoms with Crippen LogP contribution in [0.15, 0.2) is 11.8 Å². The quantitative estimate of drug-likeness (QED) is 0.806. The molecule has 0 aromatic rings. The maximum Gasteiger partial charge on any atom is 0.240 e. The molecule has 1 atom stereocenters. The minimum absolute atomic E-state index is 0.256. The molecule has 4 nitrogen and oxygen atoms in total. The molecule has 0 aromatic carbocycles. The van der Waals surface area contributed by atoms with E-state index in [-0.39, 0.29) is 5.91 Å². The maximum atomic E-state index is 12.4. The highest BCUT2D eigenvalue weighted by atomic mass is 16.2. The van der Waals surface area contributed by atoms with Crippen molar-refractivity contribution in [1.82, 2.24) is 15.1 Å². The predicted molar refractivity (Wildman–Crippen MR) is 82.4 cm³/mol. The molecule has 1 aliphatic carbocycles. The van der Waals surface area contributed by atoms with E-state index in [9.17, 15) is 4.79 Å². The lowest BCUT2D eigenvalue weighted by atomic mass is 9.99. The highest BCUT2D eigenvalue weighted by Crippen LogP contribution is 2.21. The minimum Gasteiger partial charge on any atom is -0.316 e. The van der Waals surface area contributed by atoms with Crippen molar-refractivity contribution >= 4 is 5.91 Å². The van der Waals surface area contributed by atoms with Gasteiger partial charge in [-0.25, -0.2) is 0 Å². The second-order valence-corrected chi connectivity index (χ2v) is 6.13. The molecule has 0 saturated carbocycles. The summed E-state index contributed by atoms with van der Waals surface area (Å²) in [6, 6.07) is 0. The lowest BCUT2D eigenvalue weighted by Gasteiger charge is -2.29. The normalized spacial score (nSPS) is 22.9. The zero-order valence-corrected chi connectivity index (χ0v) is 13.0. The molecule has 20 heavy (non-hydrogen) atoms. The van der Waals surface area contributed by atoms with Crippen LogP contribution in [-0.4, -0.2) is 55.5 Å². The average molecular weight is 279 g/mol. The van der Waals surface area contributed by atoms with Gasteiger partial charge < -0.3 is 10.2 Å². The monoisotopic (exact) mass is 279 g/mol. The Morgan fingerprint density at radius 2 is 2.30 bits per heavy atom. The van der Waals surface area contributed by atoms with Crippen molar-refractivity contribution in [2.24, 2.45) is 5.92 Å². The van der Waals surface area contributed by atoms with Gasteiger partial charge in [0.15, 0.2) is 0 Å². The molecule has 0 radical (unpaired) electrons. The number of likely N-dealkylation sites (N-methyl/N-ethyl adjacent to an activating group) is 2. The van der Waals surface area contributed by atoms with Crippen LogP contribution in [0.25, 0.3) is 0 Å². The lowest BCUT2D eigenvalue weighted by Crippen LogP contribution is -2.42. The van der Waals surface area contributed by atoms with E-state index in [2.05, 4.69) is 30.3 Å². The second kappa shape index (κ2) is 7.79. The Kier molecular flexibility index (Phi) is 6.05. The highest BCUT2D eigenvalue weighted by molar-refractivity contribution is 5.80. The van der Waals surface area contributed by atoms with E-state index in [1.807, 2.05) is 4.90 Å². The number of nitrogens with zero attached hydrogens (tertiary/aromatic N) is 2. The fourth-order valence-electron chi connectivity index (χ4n) is 3.34. The van der Waals surface area contributed by atoms with Crippen molar-refractivity contribution in [3.05, 3.63) is 11.8 Å². The van der Waals surface area contributed by atoms with Crippen LogP contribution in [0, 0.1) is 5.92 Å². The first kappa shape index (κ1) is 15.5. The Morgan fingerprint density at radius 1 is 1.45 bits per heavy atom. The number of piperidine rings is 1. The van der Waals surface area contributed by atoms with Crippen molar-refractivity contribution in [3.63, 3.8) is 0 Å². The summed E-state index contributed by atoms with van der Waals surface area (Å²) in [5, 5.41) is 3.44. The molecular weight excluding hydrogens is 250 g/mol. The lowest BCUT2D eigenvalue weighted by molar-refractivity contribution is -0.130. The molecule has 1 saturated heterocycles. The first-order valence-electron chi connectivity index (χ1n) is 8.09. The van der Waals surface area contributed by atoms with Crippen molar-refractivity contribution < 1.29 is 4.79 Å². The molecule has 2 rings (SSSR count). The van der Waals surface area contributed by atoms with Crippen LogP contribution < -0.4 is 5.32 Å². The third kappa shape index (κ3) is 4.32. The smallest absolute Gasteiger partial charge is 0.240 e. The first-order valence-corrected chi connectivity index (χ1v) is 8.09. The number of amides is 1. The number of carbonyl (C=O) groups excluding carboxylic acids is 1. The SMILES string of the molecule is CCN(C(=O)CN(C)CC1CCCNC1)C1=CCCC1. The molecule has 1 heterocycles. The van der Waals surface area contributed by atoms with Gasteiger partial charge in [0.05, 0.1) is 6.54 Å². The molecule has 0 spiro atoms. The van der Waals surface area contributed by atoms with E-state index >= 15 is 0 Å². The van der Waals surface area contributed by atoms with Gasteiger partial charge in [-0.2, -0.15) is 0 Å². The van der Waals surface area contributed by atoms with Crippen LogP contribution in [0.3, 0.4) is 0 Å². The second-order valence-electron chi connectivity index (χ2n) is 6.13. The van der Waals surface area contributed by atoms with Crippen LogP contribution in [0.5, 0.6) is 0 Å². The summed E-state index contributed by atoms with van der Waals surface area (Å²) in [6.45, 7) is 6.68. The summed E-state index contributed by atoms with van der Waals surface area (Å²) < 4.78 is 0. The van der Waals surface area contributed by atoms with Crippen LogP contribution in [0.1, 0.15) is 39.0 Å². The molecule has 1 N–H and O–H groups in total. The maximum absolute atomic E-state index is 12.4. The van der Waals surface area contributed by atoms with E-state index in [1.165, 1.54) is 25.0 Å². The summed E-state index contributed by atoms with van der Waals surface area (Å²) in [5.74, 6) is 0.953. The Hall–Kier alpha value is -0.870. The Balaban J connectivity index is 1.79. The third-order valence-corrected chi connectivity index (χ3v) is 4.35. The fraction of sp³-hybridized carbons (Fsp3) is 0.812. The molecule has 0 bridgehead atoms. The van der Waals surface area contributed by atoms with Crippen molar-refractivity contribution in [1.29, 1.82) is 0 Å². The molecule has 1 unspecified atom stereocenters. The Bertz CT molecular complexity index is 348. The van der Waals surface area contributed by atoms with Crippen molar-refractivity contribution in [2.75, 3.05) is 39.8 Å². The van der Waals surface area contributed by atoms with E-state index in [0.29, 0.717) is 12.5 Å². The van der Waals surface area contributed by atoms with E-state index in [1.54, 1.807) is 0 Å². The van der Waals surface area contributed by atoms with Gasteiger partial charge in [-0.05, 0) is 65.1 Å². The molecule has 1 amide bonds. The third-order valence-electron chi connectivity index (χ3n) is 4.35. The fourth-order valence-corrected chi connectivity index (χ4v) is 3.34. The average Bonchev–Trinajstić information content (AvgIpc) is 2.94. The summed E-state index contributed by atoms with van der Waals surface area (Å²) >= 11 is 0. The predicted octanol–water partition coefficient (Wildman–Crippen LogP) is 1.83. The van der Waals surface area contributed by atoms with Gasteiger partial charge in [0, 0.05) is 18.8 Å². The summed E-state index contributed by atoms with van der Waals surface area (Å²) in [6.07, 6.45) is 8.17. The largest absolute Gasteiger partial charge is 0.316 e. The van der Waals surface area contributed by atoms with Gasteiger partial charge in [-0.3, -0.25) is 9.69 Å². The van der Waals surface area contributed by atoms with Gasteiger partial charge in [0.1, 0.15) is 0 Å². The summed E-state index contributed by atoms with van der Waals surface area (Å²) in [5.41, 5.74) is 1.24. The topological polar surface area (TPSA) is 35.6 Å². The van der Waals surface area contributed by atoms with Gasteiger partial charge in [0.25, 0.3) is 0 Å². The highest BCUT2D eigenvalue weighted by Gasteiger charge is 2.21. The van der Waals surface area contributed by atoms with Crippen LogP contribution in [0.4, 0.5) is 0 Å². The summed E-state index contributed by atoms with van der Waals surface area (Å²) in [4.78, 5) is 16.6. The van der Waals surface area contributed by atoms with Crippen molar-refractivity contribution in [3.8, 4) is 0 Å². The number of hydrogen-bond acceptors (Lipinski definition) is 3. The van der Waals surface area contributed by atoms with E-state index < -0.39 is 0 Å². The number of hydrogen-bond donors (Lipinski definition) is 1. The minimum atomic E-state index is 0.256. The molecule has 4 heteroatoms. The number of carbonyl (C=O) groups is 1. The first-order chi connectivity index (χ1) is 9.70. The van der Waals surface area contributed by atoms with Crippen molar-refractivity contribution in [2.45, 2.75) is 39.0 Å². The molecular formula is C16H29N3O. The van der Waals surface area contributed by atoms with Gasteiger partial charge in [-0.1, -0.05) is 6.08 Å². The molecule has 1 aliphatic heterocycles. The van der Waals surface area contributed by atoms with Gasteiger partial charge >= 0.3 is 0 Å². The molecule has 1 fully saturated rings. The number of nitrogens with one attached hydrogen (secondary N) is 1. The van der Waals surface area contributed by atoms with Gasteiger partial charge in [-0.15, -0.1) is 0 Å². The van der Waals surface area contributed by atoms with Crippen LogP contribution in [-0.2, 0) is 4.79 Å². The number of allylic oxidation sites excluding steroid dienone is 2. The standard InChI is InChI=1S/C16H29N3O/c1-3-19(15-8-4-5-9-15)16(20)13-18(2)12-14-7-6-10-17-11-14/h8,14,17H,3-7,9-13H2,1-2H3. The number of rotatable bonds is 6. The Labute approximate surface area is 123 Å². The van der Waals surface area contributed by atoms with E-state index in [4.69, 9.17) is 0 Å². The molecule has 114 valence electrons. The van der Waals surface area contributed by atoms with Crippen LogP contribution >= 0.6 is 0 Å².